The fourth-order valence-electron chi connectivity index (χ4n) is 4.35. The second-order valence-corrected chi connectivity index (χ2v) is 8.09. The van der Waals surface area contributed by atoms with E-state index in [1.807, 2.05) is 18.2 Å². The van der Waals surface area contributed by atoms with Gasteiger partial charge in [0.25, 0.3) is 23.6 Å². The van der Waals surface area contributed by atoms with E-state index in [0.29, 0.717) is 28.0 Å². The van der Waals surface area contributed by atoms with Crippen molar-refractivity contribution in [1.82, 2.24) is 14.7 Å². The molecule has 2 aliphatic heterocycles. The lowest BCUT2D eigenvalue weighted by Crippen LogP contribution is -2.47. The fraction of sp³-hybridized carbons (Fsp3) is 0.154. The third-order valence-corrected chi connectivity index (χ3v) is 6.03. The molecular weight excluding hydrogens is 434 g/mol. The predicted octanol–water partition coefficient (Wildman–Crippen LogP) is 3.00. The number of hydrogen-bond donors (Lipinski definition) is 0. The number of methoxy groups -OCH3 is 1. The Bertz CT molecular complexity index is 1190. The van der Waals surface area contributed by atoms with E-state index in [1.54, 1.807) is 66.6 Å². The zero-order chi connectivity index (χ0) is 23.8. The second kappa shape index (κ2) is 8.57. The van der Waals surface area contributed by atoms with Gasteiger partial charge in [0.1, 0.15) is 5.75 Å². The minimum absolute atomic E-state index is 0.0994. The van der Waals surface area contributed by atoms with Gasteiger partial charge >= 0.3 is 0 Å². The Morgan fingerprint density at radius 1 is 0.618 bits per heavy atom. The maximum atomic E-state index is 13.0. The Morgan fingerprint density at radius 2 is 1.00 bits per heavy atom. The minimum Gasteiger partial charge on any atom is -0.496 e. The van der Waals surface area contributed by atoms with Crippen LogP contribution in [0.15, 0.2) is 72.8 Å². The van der Waals surface area contributed by atoms with Crippen LogP contribution in [0.2, 0.25) is 0 Å². The lowest BCUT2D eigenvalue weighted by molar-refractivity contribution is 0.0379. The van der Waals surface area contributed by atoms with Crippen LogP contribution in [-0.2, 0) is 6.54 Å². The first-order valence-corrected chi connectivity index (χ1v) is 10.7. The highest BCUT2D eigenvalue weighted by Gasteiger charge is 2.39. The van der Waals surface area contributed by atoms with Gasteiger partial charge in [-0.15, -0.1) is 0 Å². The number of hydrogen-bond acceptors (Lipinski definition) is 6. The lowest BCUT2D eigenvalue weighted by atomic mass is 10.1. The molecule has 0 saturated carbocycles. The number of imide groups is 2. The normalized spacial score (nSPS) is 14.8. The highest BCUT2D eigenvalue weighted by Crippen LogP contribution is 2.27. The molecule has 0 saturated heterocycles. The Kier molecular flexibility index (Phi) is 5.43. The van der Waals surface area contributed by atoms with E-state index in [0.717, 1.165) is 15.4 Å². The van der Waals surface area contributed by atoms with Crippen molar-refractivity contribution in [3.8, 4) is 5.75 Å². The van der Waals surface area contributed by atoms with E-state index in [1.165, 1.54) is 0 Å². The van der Waals surface area contributed by atoms with Gasteiger partial charge in [-0.3, -0.25) is 33.9 Å². The summed E-state index contributed by atoms with van der Waals surface area (Å²) in [5.41, 5.74) is 2.14. The molecule has 0 bridgehead atoms. The van der Waals surface area contributed by atoms with Crippen LogP contribution < -0.4 is 4.74 Å². The van der Waals surface area contributed by atoms with E-state index in [9.17, 15) is 19.2 Å². The Morgan fingerprint density at radius 3 is 1.41 bits per heavy atom. The van der Waals surface area contributed by atoms with Crippen LogP contribution in [0.1, 0.15) is 47.0 Å². The largest absolute Gasteiger partial charge is 0.496 e. The molecule has 0 aliphatic carbocycles. The third kappa shape index (κ3) is 3.54. The van der Waals surface area contributed by atoms with Gasteiger partial charge < -0.3 is 4.74 Å². The van der Waals surface area contributed by atoms with Crippen LogP contribution in [0.5, 0.6) is 5.75 Å². The number of ether oxygens (including phenoxy) is 1. The molecule has 5 rings (SSSR count). The van der Waals surface area contributed by atoms with Crippen LogP contribution in [0, 0.1) is 0 Å². The van der Waals surface area contributed by atoms with Crippen LogP contribution >= 0.6 is 0 Å². The van der Waals surface area contributed by atoms with Crippen molar-refractivity contribution in [3.05, 3.63) is 101 Å². The topological polar surface area (TPSA) is 87.2 Å². The summed E-state index contributed by atoms with van der Waals surface area (Å²) in [5.74, 6) is -1.01. The summed E-state index contributed by atoms with van der Waals surface area (Å²) < 4.78 is 5.45. The van der Waals surface area contributed by atoms with E-state index in [2.05, 4.69) is 0 Å². The molecule has 0 spiro atoms. The molecule has 0 unspecified atom stereocenters. The molecule has 8 heteroatoms. The number of nitrogens with zero attached hydrogens (tertiary/aromatic N) is 3. The second-order valence-electron chi connectivity index (χ2n) is 8.09. The molecular formula is C26H21N3O5. The van der Waals surface area contributed by atoms with Gasteiger partial charge in [0.15, 0.2) is 0 Å². The Balaban J connectivity index is 1.45. The lowest BCUT2D eigenvalue weighted by Gasteiger charge is -2.30. The molecule has 170 valence electrons. The van der Waals surface area contributed by atoms with Crippen LogP contribution in [0.4, 0.5) is 0 Å². The highest BCUT2D eigenvalue weighted by molar-refractivity contribution is 6.22. The van der Waals surface area contributed by atoms with Gasteiger partial charge in [-0.1, -0.05) is 42.5 Å². The monoisotopic (exact) mass is 455 g/mol. The maximum absolute atomic E-state index is 13.0. The van der Waals surface area contributed by atoms with Gasteiger partial charge in [-0.2, -0.15) is 0 Å². The number of para-hydroxylation sites is 1. The van der Waals surface area contributed by atoms with Gasteiger partial charge in [0, 0.05) is 12.1 Å². The summed E-state index contributed by atoms with van der Waals surface area (Å²) in [6, 6.07) is 20.6. The highest BCUT2D eigenvalue weighted by atomic mass is 16.5. The molecule has 2 heterocycles. The van der Waals surface area contributed by atoms with Gasteiger partial charge in [-0.05, 0) is 30.3 Å². The number of benzene rings is 3. The summed E-state index contributed by atoms with van der Waals surface area (Å²) >= 11 is 0. The van der Waals surface area contributed by atoms with Crippen molar-refractivity contribution in [2.24, 2.45) is 0 Å². The van der Waals surface area contributed by atoms with Gasteiger partial charge in [0.2, 0.25) is 0 Å². The zero-order valence-electron chi connectivity index (χ0n) is 18.4. The van der Waals surface area contributed by atoms with Crippen molar-refractivity contribution in [2.75, 3.05) is 20.4 Å². The quantitative estimate of drug-likeness (QED) is 0.509. The smallest absolute Gasteiger partial charge is 0.262 e. The van der Waals surface area contributed by atoms with Crippen LogP contribution in [0.3, 0.4) is 0 Å². The zero-order valence-corrected chi connectivity index (χ0v) is 18.4. The summed E-state index contributed by atoms with van der Waals surface area (Å²) in [6.07, 6.45) is 0. The molecule has 3 aromatic rings. The average molecular weight is 455 g/mol. The molecule has 0 aromatic heterocycles. The molecule has 0 fully saturated rings. The van der Waals surface area contributed by atoms with Crippen molar-refractivity contribution in [3.63, 3.8) is 0 Å². The first kappa shape index (κ1) is 21.5. The summed E-state index contributed by atoms with van der Waals surface area (Å²) in [6.45, 7) is 0.0421. The predicted molar refractivity (Wildman–Crippen MR) is 122 cm³/mol. The van der Waals surface area contributed by atoms with E-state index < -0.39 is 23.6 Å². The molecule has 4 amide bonds. The van der Waals surface area contributed by atoms with Crippen molar-refractivity contribution in [1.29, 1.82) is 0 Å². The standard InChI is InChI=1S/C26H21N3O5/c1-34-22-13-7-2-8-17(22)14-27(15-28-23(30)18-9-3-4-10-19(18)24(28)31)16-29-25(32)20-11-5-6-12-21(20)26(29)33/h2-13H,14-16H2,1H3. The number of rotatable bonds is 7. The third-order valence-electron chi connectivity index (χ3n) is 6.03. The molecule has 2 aliphatic rings. The number of carbonyl (C=O) groups excluding carboxylic acids is 4. The van der Waals surface area contributed by atoms with Crippen molar-refractivity contribution >= 4 is 23.6 Å². The Hall–Kier alpha value is -4.30. The van der Waals surface area contributed by atoms with Crippen LogP contribution in [0.25, 0.3) is 0 Å². The van der Waals surface area contributed by atoms with E-state index in [-0.39, 0.29) is 19.9 Å². The van der Waals surface area contributed by atoms with E-state index in [4.69, 9.17) is 4.74 Å². The SMILES string of the molecule is COc1ccccc1CN(CN1C(=O)c2ccccc2C1=O)CN1C(=O)c2ccccc2C1=O. The van der Waals surface area contributed by atoms with Gasteiger partial charge in [-0.25, -0.2) is 0 Å². The molecule has 8 nitrogen and oxygen atoms in total. The minimum atomic E-state index is -0.409. The summed E-state index contributed by atoms with van der Waals surface area (Å²) in [7, 11) is 1.55. The van der Waals surface area contributed by atoms with Crippen molar-refractivity contribution < 1.29 is 23.9 Å². The fourth-order valence-corrected chi connectivity index (χ4v) is 4.35. The molecule has 0 radical (unpaired) electrons. The first-order valence-electron chi connectivity index (χ1n) is 10.7. The average Bonchev–Trinajstić information content (AvgIpc) is 3.25. The number of carbonyl (C=O) groups is 4. The van der Waals surface area contributed by atoms with E-state index >= 15 is 0 Å². The molecule has 0 atom stereocenters. The maximum Gasteiger partial charge on any atom is 0.262 e. The van der Waals surface area contributed by atoms with Gasteiger partial charge in [0.05, 0.1) is 42.7 Å². The summed E-state index contributed by atoms with van der Waals surface area (Å²) in [5, 5.41) is 0. The van der Waals surface area contributed by atoms with Crippen LogP contribution in [-0.4, -0.2) is 58.8 Å². The number of amides is 4. The van der Waals surface area contributed by atoms with Crippen molar-refractivity contribution in [2.45, 2.75) is 6.54 Å². The molecule has 3 aromatic carbocycles. The number of fused-ring (bicyclic) bond motifs is 2. The first-order chi connectivity index (χ1) is 16.5. The Labute approximate surface area is 195 Å². The molecule has 34 heavy (non-hydrogen) atoms. The molecule has 0 N–H and O–H groups in total. The summed E-state index contributed by atoms with van der Waals surface area (Å²) in [4.78, 5) is 55.9.